The highest BCUT2D eigenvalue weighted by atomic mass is 16.2. The summed E-state index contributed by atoms with van der Waals surface area (Å²) < 4.78 is 0. The molecule has 2 rings (SSSR count). The quantitative estimate of drug-likeness (QED) is 0.910. The number of amides is 1. The van der Waals surface area contributed by atoms with Gasteiger partial charge in [-0.05, 0) is 43.4 Å². The second-order valence-electron chi connectivity index (χ2n) is 7.71. The minimum absolute atomic E-state index is 0.0437. The maximum absolute atomic E-state index is 12.1. The first-order chi connectivity index (χ1) is 10.3. The van der Waals surface area contributed by atoms with Crippen LogP contribution in [0.1, 0.15) is 59.1 Å². The van der Waals surface area contributed by atoms with Crippen molar-refractivity contribution in [2.75, 3.05) is 18.0 Å². The number of nitrogens with zero attached hydrogens (tertiary/aromatic N) is 1. The number of nitrogens with one attached hydrogen (secondary N) is 1. The molecule has 1 amide bonds. The third-order valence-corrected chi connectivity index (χ3v) is 4.57. The summed E-state index contributed by atoms with van der Waals surface area (Å²) in [7, 11) is 0. The van der Waals surface area contributed by atoms with Crippen LogP contribution in [0.2, 0.25) is 0 Å². The molecule has 1 heterocycles. The number of hydrogen-bond donors (Lipinski definition) is 1. The zero-order valence-corrected chi connectivity index (χ0v) is 14.6. The molecule has 1 saturated heterocycles. The summed E-state index contributed by atoms with van der Waals surface area (Å²) in [6, 6.07) is 8.69. The van der Waals surface area contributed by atoms with Gasteiger partial charge in [0.2, 0.25) is 5.91 Å². The molecule has 122 valence electrons. The second-order valence-corrected chi connectivity index (χ2v) is 7.71. The molecule has 0 saturated carbocycles. The molecule has 1 N–H and O–H groups in total. The molecule has 3 heteroatoms. The maximum Gasteiger partial charge on any atom is 0.225 e. The second kappa shape index (κ2) is 6.72. The van der Waals surface area contributed by atoms with Crippen LogP contribution in [0.25, 0.3) is 0 Å². The molecular weight excluding hydrogens is 272 g/mol. The predicted octanol–water partition coefficient (Wildman–Crippen LogP) is 4.15. The standard InChI is InChI=1S/C19H30N2O/c1-14-10-12-21(13-11-14)17-8-6-16(7-9-17)15(2)20-18(22)19(3,4)5/h6-9,14-15H,10-13H2,1-5H3,(H,20,22)/t15-/m1/s1. The van der Waals surface area contributed by atoms with Crippen LogP contribution in [0.15, 0.2) is 24.3 Å². The van der Waals surface area contributed by atoms with Gasteiger partial charge in [0.15, 0.2) is 0 Å². The van der Waals surface area contributed by atoms with Crippen LogP contribution in [-0.4, -0.2) is 19.0 Å². The Morgan fingerprint density at radius 2 is 1.73 bits per heavy atom. The lowest BCUT2D eigenvalue weighted by molar-refractivity contribution is -0.129. The van der Waals surface area contributed by atoms with Crippen LogP contribution in [0.5, 0.6) is 0 Å². The predicted molar refractivity (Wildman–Crippen MR) is 93.1 cm³/mol. The molecule has 1 aromatic carbocycles. The van der Waals surface area contributed by atoms with E-state index in [9.17, 15) is 4.79 Å². The van der Waals surface area contributed by atoms with E-state index in [0.717, 1.165) is 24.6 Å². The van der Waals surface area contributed by atoms with Crippen molar-refractivity contribution in [1.29, 1.82) is 0 Å². The zero-order chi connectivity index (χ0) is 16.3. The van der Waals surface area contributed by atoms with Gasteiger partial charge in [-0.3, -0.25) is 4.79 Å². The normalized spacial score (nSPS) is 18.1. The van der Waals surface area contributed by atoms with Crippen molar-refractivity contribution in [1.82, 2.24) is 5.32 Å². The van der Waals surface area contributed by atoms with Crippen molar-refractivity contribution in [2.45, 2.75) is 53.5 Å². The number of rotatable bonds is 3. The lowest BCUT2D eigenvalue weighted by atomic mass is 9.94. The average molecular weight is 302 g/mol. The molecule has 1 fully saturated rings. The highest BCUT2D eigenvalue weighted by molar-refractivity contribution is 5.81. The average Bonchev–Trinajstić information content (AvgIpc) is 2.47. The highest BCUT2D eigenvalue weighted by Crippen LogP contribution is 2.25. The Kier molecular flexibility index (Phi) is 5.15. The monoisotopic (exact) mass is 302 g/mol. The number of anilines is 1. The summed E-state index contributed by atoms with van der Waals surface area (Å²) in [6.45, 7) is 12.5. The first-order valence-electron chi connectivity index (χ1n) is 8.43. The van der Waals surface area contributed by atoms with Gasteiger partial charge in [0, 0.05) is 24.2 Å². The summed E-state index contributed by atoms with van der Waals surface area (Å²) in [6.07, 6.45) is 2.56. The topological polar surface area (TPSA) is 32.3 Å². The molecule has 1 aliphatic rings. The van der Waals surface area contributed by atoms with Gasteiger partial charge in [-0.25, -0.2) is 0 Å². The molecule has 0 radical (unpaired) electrons. The summed E-state index contributed by atoms with van der Waals surface area (Å²) in [5.41, 5.74) is 2.11. The lowest BCUT2D eigenvalue weighted by Crippen LogP contribution is -2.36. The Bertz CT molecular complexity index is 493. The Morgan fingerprint density at radius 3 is 2.23 bits per heavy atom. The van der Waals surface area contributed by atoms with Crippen molar-refractivity contribution in [3.8, 4) is 0 Å². The lowest BCUT2D eigenvalue weighted by Gasteiger charge is -2.32. The van der Waals surface area contributed by atoms with Gasteiger partial charge in [0.05, 0.1) is 6.04 Å². The van der Waals surface area contributed by atoms with Crippen molar-refractivity contribution < 1.29 is 4.79 Å². The first kappa shape index (κ1) is 16.9. The molecule has 0 bridgehead atoms. The number of carbonyl (C=O) groups excluding carboxylic acids is 1. The summed E-state index contributed by atoms with van der Waals surface area (Å²) >= 11 is 0. The fourth-order valence-electron chi connectivity index (χ4n) is 2.74. The van der Waals surface area contributed by atoms with E-state index in [1.165, 1.54) is 18.5 Å². The zero-order valence-electron chi connectivity index (χ0n) is 14.6. The molecule has 1 atom stereocenters. The van der Waals surface area contributed by atoms with Crippen LogP contribution in [-0.2, 0) is 4.79 Å². The van der Waals surface area contributed by atoms with Gasteiger partial charge >= 0.3 is 0 Å². The molecule has 0 unspecified atom stereocenters. The maximum atomic E-state index is 12.1. The van der Waals surface area contributed by atoms with Crippen LogP contribution in [0.4, 0.5) is 5.69 Å². The van der Waals surface area contributed by atoms with E-state index < -0.39 is 0 Å². The summed E-state index contributed by atoms with van der Waals surface area (Å²) in [5.74, 6) is 0.942. The van der Waals surface area contributed by atoms with Crippen LogP contribution >= 0.6 is 0 Å². The molecular formula is C19H30N2O. The van der Waals surface area contributed by atoms with E-state index >= 15 is 0 Å². The fraction of sp³-hybridized carbons (Fsp3) is 0.632. The van der Waals surface area contributed by atoms with Crippen LogP contribution in [0, 0.1) is 11.3 Å². The van der Waals surface area contributed by atoms with Gasteiger partial charge in [0.25, 0.3) is 0 Å². The van der Waals surface area contributed by atoms with Crippen LogP contribution in [0.3, 0.4) is 0 Å². The van der Waals surface area contributed by atoms with E-state index in [4.69, 9.17) is 0 Å². The van der Waals surface area contributed by atoms with Gasteiger partial charge in [0.1, 0.15) is 0 Å². The van der Waals surface area contributed by atoms with Gasteiger partial charge < -0.3 is 10.2 Å². The minimum atomic E-state index is -0.349. The number of hydrogen-bond acceptors (Lipinski definition) is 2. The molecule has 0 aliphatic carbocycles. The number of piperidine rings is 1. The Hall–Kier alpha value is -1.51. The molecule has 0 spiro atoms. The smallest absolute Gasteiger partial charge is 0.225 e. The Morgan fingerprint density at radius 1 is 1.18 bits per heavy atom. The van der Waals surface area contributed by atoms with E-state index in [0.29, 0.717) is 0 Å². The van der Waals surface area contributed by atoms with E-state index in [-0.39, 0.29) is 17.4 Å². The summed E-state index contributed by atoms with van der Waals surface area (Å²) in [4.78, 5) is 14.5. The summed E-state index contributed by atoms with van der Waals surface area (Å²) in [5, 5.41) is 3.09. The molecule has 22 heavy (non-hydrogen) atoms. The van der Waals surface area contributed by atoms with E-state index in [2.05, 4.69) is 41.4 Å². The minimum Gasteiger partial charge on any atom is -0.372 e. The third-order valence-electron chi connectivity index (χ3n) is 4.57. The Labute approximate surface area is 135 Å². The van der Waals surface area contributed by atoms with Gasteiger partial charge in [-0.15, -0.1) is 0 Å². The number of benzene rings is 1. The first-order valence-corrected chi connectivity index (χ1v) is 8.43. The van der Waals surface area contributed by atoms with Gasteiger partial charge in [-0.2, -0.15) is 0 Å². The molecule has 1 aliphatic heterocycles. The van der Waals surface area contributed by atoms with Crippen LogP contribution < -0.4 is 10.2 Å². The Balaban J connectivity index is 1.98. The van der Waals surface area contributed by atoms with Crippen molar-refractivity contribution in [3.05, 3.63) is 29.8 Å². The molecule has 1 aromatic rings. The van der Waals surface area contributed by atoms with Gasteiger partial charge in [-0.1, -0.05) is 39.8 Å². The fourth-order valence-corrected chi connectivity index (χ4v) is 2.74. The van der Waals surface area contributed by atoms with E-state index in [1.54, 1.807) is 0 Å². The van der Waals surface area contributed by atoms with Crippen molar-refractivity contribution in [3.63, 3.8) is 0 Å². The SMILES string of the molecule is CC1CCN(c2ccc([C@@H](C)NC(=O)C(C)(C)C)cc2)CC1. The number of carbonyl (C=O) groups is 1. The van der Waals surface area contributed by atoms with E-state index in [1.807, 2.05) is 27.7 Å². The van der Waals surface area contributed by atoms with Crippen molar-refractivity contribution >= 4 is 11.6 Å². The molecule has 0 aromatic heterocycles. The highest BCUT2D eigenvalue weighted by Gasteiger charge is 2.23. The third kappa shape index (κ3) is 4.25. The largest absolute Gasteiger partial charge is 0.372 e. The van der Waals surface area contributed by atoms with Crippen molar-refractivity contribution in [2.24, 2.45) is 11.3 Å². The molecule has 3 nitrogen and oxygen atoms in total.